The molecule has 2 heterocycles. The molecule has 1 N–H and O–H groups in total. The van der Waals surface area contributed by atoms with Crippen molar-refractivity contribution in [3.05, 3.63) is 95.6 Å². The van der Waals surface area contributed by atoms with Crippen LogP contribution in [0.4, 0.5) is 16.2 Å². The van der Waals surface area contributed by atoms with Gasteiger partial charge in [0.2, 0.25) is 5.91 Å². The number of piperidine rings is 1. The largest absolute Gasteiger partial charge is 0.346 e. The summed E-state index contributed by atoms with van der Waals surface area (Å²) < 4.78 is 0. The van der Waals surface area contributed by atoms with Gasteiger partial charge in [0.25, 0.3) is 0 Å². The zero-order valence-corrected chi connectivity index (χ0v) is 20.6. The van der Waals surface area contributed by atoms with Gasteiger partial charge in [0.15, 0.2) is 0 Å². The van der Waals surface area contributed by atoms with Crippen LogP contribution in [0.2, 0.25) is 0 Å². The van der Waals surface area contributed by atoms with Gasteiger partial charge < -0.3 is 10.2 Å². The van der Waals surface area contributed by atoms with Crippen LogP contribution >= 0.6 is 0 Å². The van der Waals surface area contributed by atoms with Gasteiger partial charge in [-0.15, -0.1) is 0 Å². The fourth-order valence-corrected chi connectivity index (χ4v) is 5.22. The topological polar surface area (TPSA) is 66.8 Å². The van der Waals surface area contributed by atoms with Gasteiger partial charge in [-0.25, -0.2) is 4.79 Å². The maximum absolute atomic E-state index is 13.0. The Morgan fingerprint density at radius 1 is 0.917 bits per heavy atom. The van der Waals surface area contributed by atoms with E-state index in [2.05, 4.69) is 70.1 Å². The van der Waals surface area contributed by atoms with E-state index in [1.807, 2.05) is 29.2 Å². The molecule has 185 valence electrons. The summed E-state index contributed by atoms with van der Waals surface area (Å²) in [6.07, 6.45) is 3.32. The Bertz CT molecular complexity index is 1130. The third kappa shape index (κ3) is 6.13. The van der Waals surface area contributed by atoms with Gasteiger partial charge in [-0.2, -0.15) is 5.32 Å². The van der Waals surface area contributed by atoms with Crippen LogP contribution in [0.25, 0.3) is 0 Å². The molecule has 6 nitrogen and oxygen atoms in total. The van der Waals surface area contributed by atoms with Crippen molar-refractivity contribution in [2.24, 2.45) is 0 Å². The maximum Gasteiger partial charge on any atom is 0.346 e. The number of urea groups is 1. The summed E-state index contributed by atoms with van der Waals surface area (Å²) in [6, 6.07) is 26.8. The van der Waals surface area contributed by atoms with Crippen LogP contribution in [0.1, 0.15) is 48.3 Å². The standard InChI is InChI=1S/C30H33N4O2/c35-29(34-18-15-25(16-19-34)26-13-14-27-28(20-26)32-30(36)31-27)12-7-17-33(21-23-8-3-1-4-9-23)22-24-10-5-2-6-11-24/h1-6,8-11,13-14,20,25H,7,12,15-19,21-22H2,(H,31,36). The molecule has 2 aliphatic heterocycles. The molecule has 3 amide bonds. The van der Waals surface area contributed by atoms with Crippen molar-refractivity contribution in [2.45, 2.75) is 44.7 Å². The van der Waals surface area contributed by atoms with Crippen LogP contribution in [0.15, 0.2) is 78.9 Å². The number of carbonyl (C=O) groups excluding carboxylic acids is 2. The number of benzene rings is 3. The van der Waals surface area contributed by atoms with Crippen LogP contribution in [-0.2, 0) is 17.9 Å². The lowest BCUT2D eigenvalue weighted by Crippen LogP contribution is -2.38. The third-order valence-electron chi connectivity index (χ3n) is 7.17. The maximum atomic E-state index is 13.0. The predicted molar refractivity (Wildman–Crippen MR) is 142 cm³/mol. The highest BCUT2D eigenvalue weighted by Crippen LogP contribution is 2.35. The van der Waals surface area contributed by atoms with Crippen LogP contribution in [0, 0.1) is 0 Å². The van der Waals surface area contributed by atoms with E-state index in [1.165, 1.54) is 16.7 Å². The molecule has 36 heavy (non-hydrogen) atoms. The summed E-state index contributed by atoms with van der Waals surface area (Å²) in [4.78, 5) is 28.9. The first-order valence-electron chi connectivity index (χ1n) is 12.9. The lowest BCUT2D eigenvalue weighted by Gasteiger charge is -2.32. The lowest BCUT2D eigenvalue weighted by molar-refractivity contribution is -0.132. The van der Waals surface area contributed by atoms with Gasteiger partial charge in [0, 0.05) is 32.6 Å². The molecule has 0 unspecified atom stereocenters. The van der Waals surface area contributed by atoms with Gasteiger partial charge >= 0.3 is 6.03 Å². The first-order valence-corrected chi connectivity index (χ1v) is 12.9. The van der Waals surface area contributed by atoms with Crippen molar-refractivity contribution in [3.8, 4) is 0 Å². The average Bonchev–Trinajstić information content (AvgIpc) is 3.29. The molecule has 3 aromatic rings. The minimum atomic E-state index is -0.298. The van der Waals surface area contributed by atoms with Crippen LogP contribution in [-0.4, -0.2) is 41.4 Å². The van der Waals surface area contributed by atoms with Gasteiger partial charge in [0.1, 0.15) is 0 Å². The number of hydrogen-bond donors (Lipinski definition) is 1. The SMILES string of the molecule is O=C1[N]c2cc(C3CCN(C(=O)CCCN(Cc4ccccc4)Cc4ccccc4)CC3)ccc2N1. The molecule has 1 saturated heterocycles. The first-order chi connectivity index (χ1) is 17.6. The van der Waals surface area contributed by atoms with Crippen molar-refractivity contribution in [2.75, 3.05) is 25.0 Å². The number of likely N-dealkylation sites (tertiary alicyclic amines) is 1. The molecule has 0 aliphatic carbocycles. The molecule has 6 heteroatoms. The smallest absolute Gasteiger partial charge is 0.343 e. The van der Waals surface area contributed by atoms with E-state index < -0.39 is 0 Å². The number of anilines is 1. The minimum Gasteiger partial charge on any atom is -0.343 e. The van der Waals surface area contributed by atoms with Gasteiger partial charge in [-0.05, 0) is 60.5 Å². The number of amides is 3. The Kier molecular flexibility index (Phi) is 7.62. The molecular weight excluding hydrogens is 448 g/mol. The van der Waals surface area contributed by atoms with E-state index in [9.17, 15) is 9.59 Å². The molecule has 1 radical (unpaired) electrons. The zero-order chi connectivity index (χ0) is 24.7. The molecule has 0 bridgehead atoms. The molecule has 0 spiro atoms. The van der Waals surface area contributed by atoms with Crippen molar-refractivity contribution < 1.29 is 9.59 Å². The third-order valence-corrected chi connectivity index (χ3v) is 7.17. The Balaban J connectivity index is 1.10. The quantitative estimate of drug-likeness (QED) is 0.429. The number of fused-ring (bicyclic) bond motifs is 1. The lowest BCUT2D eigenvalue weighted by atomic mass is 9.89. The van der Waals surface area contributed by atoms with E-state index in [0.29, 0.717) is 12.3 Å². The highest BCUT2D eigenvalue weighted by atomic mass is 16.2. The minimum absolute atomic E-state index is 0.256. The number of hydrogen-bond acceptors (Lipinski definition) is 3. The number of carbonyl (C=O) groups is 2. The highest BCUT2D eigenvalue weighted by molar-refractivity contribution is 6.02. The van der Waals surface area contributed by atoms with Gasteiger partial charge in [0.05, 0.1) is 11.4 Å². The van der Waals surface area contributed by atoms with Gasteiger partial charge in [-0.3, -0.25) is 9.69 Å². The Morgan fingerprint density at radius 2 is 1.56 bits per heavy atom. The molecule has 0 aromatic heterocycles. The summed E-state index contributed by atoms with van der Waals surface area (Å²) in [5, 5.41) is 6.77. The second kappa shape index (κ2) is 11.4. The van der Waals surface area contributed by atoms with Crippen molar-refractivity contribution in [3.63, 3.8) is 0 Å². The monoisotopic (exact) mass is 481 g/mol. The van der Waals surface area contributed by atoms with Crippen LogP contribution < -0.4 is 10.6 Å². The average molecular weight is 482 g/mol. The summed E-state index contributed by atoms with van der Waals surface area (Å²) in [7, 11) is 0. The van der Waals surface area contributed by atoms with E-state index in [0.717, 1.165) is 63.4 Å². The van der Waals surface area contributed by atoms with E-state index >= 15 is 0 Å². The number of nitrogens with one attached hydrogen (secondary N) is 1. The Morgan fingerprint density at radius 3 is 2.19 bits per heavy atom. The number of nitrogens with zero attached hydrogens (tertiary/aromatic N) is 3. The predicted octanol–water partition coefficient (Wildman–Crippen LogP) is 5.66. The molecule has 0 atom stereocenters. The van der Waals surface area contributed by atoms with E-state index in [1.54, 1.807) is 0 Å². The molecule has 1 fully saturated rings. The molecule has 5 rings (SSSR count). The van der Waals surface area contributed by atoms with E-state index in [4.69, 9.17) is 0 Å². The highest BCUT2D eigenvalue weighted by Gasteiger charge is 2.26. The van der Waals surface area contributed by atoms with Crippen LogP contribution in [0.5, 0.6) is 0 Å². The summed E-state index contributed by atoms with van der Waals surface area (Å²) in [6.45, 7) is 4.21. The van der Waals surface area contributed by atoms with Crippen molar-refractivity contribution in [1.82, 2.24) is 15.1 Å². The first kappa shape index (κ1) is 24.1. The molecule has 2 aliphatic rings. The van der Waals surface area contributed by atoms with Crippen LogP contribution in [0.3, 0.4) is 0 Å². The van der Waals surface area contributed by atoms with Gasteiger partial charge in [-0.1, -0.05) is 66.7 Å². The Labute approximate surface area is 213 Å². The molecule has 3 aromatic carbocycles. The second-order valence-corrected chi connectivity index (χ2v) is 9.76. The molecular formula is C30H33N4O2. The van der Waals surface area contributed by atoms with Crippen molar-refractivity contribution >= 4 is 23.3 Å². The summed E-state index contributed by atoms with van der Waals surface area (Å²) in [5.74, 6) is 0.657. The second-order valence-electron chi connectivity index (χ2n) is 9.76. The fourth-order valence-electron chi connectivity index (χ4n) is 5.22. The summed E-state index contributed by atoms with van der Waals surface area (Å²) >= 11 is 0. The fraction of sp³-hybridized carbons (Fsp3) is 0.333. The summed E-state index contributed by atoms with van der Waals surface area (Å²) in [5.41, 5.74) is 5.30. The Hall–Kier alpha value is -3.64. The molecule has 0 saturated carbocycles. The normalized spacial score (nSPS) is 15.5. The van der Waals surface area contributed by atoms with E-state index in [-0.39, 0.29) is 11.9 Å². The number of rotatable bonds is 9. The van der Waals surface area contributed by atoms with Crippen molar-refractivity contribution in [1.29, 1.82) is 0 Å². The zero-order valence-electron chi connectivity index (χ0n) is 20.6.